The van der Waals surface area contributed by atoms with E-state index in [1.165, 1.54) is 6.92 Å². The molecule has 2 N–H and O–H groups in total. The van der Waals surface area contributed by atoms with Crippen LogP contribution in [0.15, 0.2) is 48.5 Å². The van der Waals surface area contributed by atoms with Gasteiger partial charge in [-0.25, -0.2) is 4.98 Å². The van der Waals surface area contributed by atoms with Crippen LogP contribution in [-0.2, 0) is 4.79 Å². The van der Waals surface area contributed by atoms with Crippen molar-refractivity contribution in [1.29, 1.82) is 0 Å². The smallest absolute Gasteiger partial charge is 0.295 e. The van der Waals surface area contributed by atoms with E-state index in [0.717, 1.165) is 0 Å². The third-order valence-corrected chi connectivity index (χ3v) is 3.03. The lowest BCUT2D eigenvalue weighted by atomic mass is 10.2. The molecule has 0 atom stereocenters. The lowest BCUT2D eigenvalue weighted by Crippen LogP contribution is -2.16. The van der Waals surface area contributed by atoms with Crippen molar-refractivity contribution >= 4 is 34.2 Å². The number of carbonyl (C=O) groups is 2. The van der Waals surface area contributed by atoms with Crippen LogP contribution in [0.25, 0.3) is 11.0 Å². The van der Waals surface area contributed by atoms with Gasteiger partial charge in [0, 0.05) is 18.3 Å². The van der Waals surface area contributed by atoms with Gasteiger partial charge in [-0.3, -0.25) is 9.59 Å². The highest BCUT2D eigenvalue weighted by Gasteiger charge is 2.11. The monoisotopic (exact) mass is 307 g/mol. The minimum absolute atomic E-state index is 0.00497. The number of amides is 2. The van der Waals surface area contributed by atoms with E-state index in [1.807, 2.05) is 12.1 Å². The van der Waals surface area contributed by atoms with Gasteiger partial charge in [-0.2, -0.15) is 0 Å². The molecule has 7 heteroatoms. The number of fused-ring (bicyclic) bond motifs is 1. The average molecular weight is 307 g/mol. The lowest BCUT2D eigenvalue weighted by molar-refractivity contribution is -0.114. The number of anilines is 2. The Morgan fingerprint density at radius 3 is 2.09 bits per heavy atom. The summed E-state index contributed by atoms with van der Waals surface area (Å²) in [6.45, 7) is 1.43. The molecular weight excluding hydrogens is 294 g/mol. The number of nitrogens with one attached hydrogen (secondary N) is 2. The van der Waals surface area contributed by atoms with Crippen LogP contribution in [0.2, 0.25) is 0 Å². The Hall–Kier alpha value is -3.35. The van der Waals surface area contributed by atoms with Gasteiger partial charge < -0.3 is 10.6 Å². The Labute approximate surface area is 131 Å². The maximum Gasteiger partial charge on any atom is 0.295 e. The van der Waals surface area contributed by atoms with Crippen molar-refractivity contribution in [1.82, 2.24) is 15.2 Å². The second-order valence-corrected chi connectivity index (χ2v) is 4.84. The van der Waals surface area contributed by atoms with Gasteiger partial charge in [-0.15, -0.1) is 10.2 Å². The standard InChI is InChI=1S/C16H13N5O2/c1-10(22)17-11-6-8-12(9-7-11)18-16(23)15-19-13-4-2-3-5-14(13)20-21-15/h2-9H,1H3,(H,17,22)(H,18,23). The summed E-state index contributed by atoms with van der Waals surface area (Å²) >= 11 is 0. The van der Waals surface area contributed by atoms with Crippen LogP contribution >= 0.6 is 0 Å². The number of carbonyl (C=O) groups excluding carboxylic acids is 2. The minimum Gasteiger partial charge on any atom is -0.326 e. The number of hydrogen-bond acceptors (Lipinski definition) is 5. The lowest BCUT2D eigenvalue weighted by Gasteiger charge is -2.06. The average Bonchev–Trinajstić information content (AvgIpc) is 2.55. The summed E-state index contributed by atoms with van der Waals surface area (Å²) in [5, 5.41) is 13.1. The van der Waals surface area contributed by atoms with E-state index in [2.05, 4.69) is 25.8 Å². The van der Waals surface area contributed by atoms with Crippen LogP contribution < -0.4 is 10.6 Å². The van der Waals surface area contributed by atoms with Crippen molar-refractivity contribution in [2.45, 2.75) is 6.92 Å². The maximum absolute atomic E-state index is 12.2. The van der Waals surface area contributed by atoms with E-state index in [9.17, 15) is 9.59 Å². The predicted octanol–water partition coefficient (Wildman–Crippen LogP) is 2.24. The zero-order valence-electron chi connectivity index (χ0n) is 12.3. The van der Waals surface area contributed by atoms with Gasteiger partial charge in [0.25, 0.3) is 5.91 Å². The quantitative estimate of drug-likeness (QED) is 0.773. The van der Waals surface area contributed by atoms with Crippen molar-refractivity contribution in [3.8, 4) is 0 Å². The van der Waals surface area contributed by atoms with Crippen LogP contribution in [0.1, 0.15) is 17.5 Å². The maximum atomic E-state index is 12.2. The Morgan fingerprint density at radius 1 is 0.826 bits per heavy atom. The van der Waals surface area contributed by atoms with E-state index in [1.54, 1.807) is 36.4 Å². The van der Waals surface area contributed by atoms with Gasteiger partial charge in [0.05, 0.1) is 5.52 Å². The fraction of sp³-hybridized carbons (Fsp3) is 0.0625. The summed E-state index contributed by atoms with van der Waals surface area (Å²) in [5.74, 6) is -0.609. The van der Waals surface area contributed by atoms with Crippen LogP contribution in [0.5, 0.6) is 0 Å². The number of aromatic nitrogens is 3. The first-order valence-corrected chi connectivity index (χ1v) is 6.90. The molecule has 0 unspecified atom stereocenters. The van der Waals surface area contributed by atoms with Gasteiger partial charge >= 0.3 is 0 Å². The largest absolute Gasteiger partial charge is 0.326 e. The van der Waals surface area contributed by atoms with Crippen molar-refractivity contribution in [2.75, 3.05) is 10.6 Å². The molecule has 0 saturated carbocycles. The molecule has 2 amide bonds. The molecule has 114 valence electrons. The van der Waals surface area contributed by atoms with Gasteiger partial charge in [-0.1, -0.05) is 12.1 Å². The topological polar surface area (TPSA) is 96.9 Å². The fourth-order valence-electron chi connectivity index (χ4n) is 2.00. The number of benzene rings is 2. The molecule has 7 nitrogen and oxygen atoms in total. The van der Waals surface area contributed by atoms with Gasteiger partial charge in [-0.05, 0) is 36.4 Å². The molecule has 0 spiro atoms. The minimum atomic E-state index is -0.449. The van der Waals surface area contributed by atoms with Crippen molar-refractivity contribution in [3.05, 3.63) is 54.4 Å². The first-order valence-electron chi connectivity index (χ1n) is 6.90. The first-order chi connectivity index (χ1) is 11.1. The molecule has 3 aromatic rings. The molecule has 2 aromatic carbocycles. The Bertz CT molecular complexity index is 877. The predicted molar refractivity (Wildman–Crippen MR) is 86.0 cm³/mol. The summed E-state index contributed by atoms with van der Waals surface area (Å²) in [6, 6.07) is 13.9. The Kier molecular flexibility index (Phi) is 3.92. The van der Waals surface area contributed by atoms with Crippen LogP contribution in [0.3, 0.4) is 0 Å². The van der Waals surface area contributed by atoms with Crippen molar-refractivity contribution in [3.63, 3.8) is 0 Å². The van der Waals surface area contributed by atoms with E-state index >= 15 is 0 Å². The highest BCUT2D eigenvalue weighted by molar-refractivity contribution is 6.02. The third kappa shape index (κ3) is 3.46. The van der Waals surface area contributed by atoms with Gasteiger partial charge in [0.2, 0.25) is 11.7 Å². The van der Waals surface area contributed by atoms with Crippen molar-refractivity contribution < 1.29 is 9.59 Å². The van der Waals surface area contributed by atoms with Gasteiger partial charge in [0.1, 0.15) is 5.52 Å². The second-order valence-electron chi connectivity index (χ2n) is 4.84. The number of nitrogens with zero attached hydrogens (tertiary/aromatic N) is 3. The highest BCUT2D eigenvalue weighted by Crippen LogP contribution is 2.14. The molecule has 0 bridgehead atoms. The van der Waals surface area contributed by atoms with Crippen LogP contribution in [-0.4, -0.2) is 27.0 Å². The summed E-state index contributed by atoms with van der Waals surface area (Å²) in [5.41, 5.74) is 2.46. The summed E-state index contributed by atoms with van der Waals surface area (Å²) < 4.78 is 0. The van der Waals surface area contributed by atoms with Gasteiger partial charge in [0.15, 0.2) is 0 Å². The van der Waals surface area contributed by atoms with Crippen LogP contribution in [0.4, 0.5) is 11.4 Å². The fourth-order valence-corrected chi connectivity index (χ4v) is 2.00. The Balaban J connectivity index is 1.76. The second kappa shape index (κ2) is 6.18. The van der Waals surface area contributed by atoms with E-state index in [4.69, 9.17) is 0 Å². The molecule has 0 radical (unpaired) electrons. The summed E-state index contributed by atoms with van der Waals surface area (Å²) in [6.07, 6.45) is 0. The molecule has 1 heterocycles. The molecule has 0 saturated heterocycles. The molecule has 0 aliphatic heterocycles. The molecule has 3 rings (SSSR count). The third-order valence-electron chi connectivity index (χ3n) is 3.03. The molecular formula is C16H13N5O2. The summed E-state index contributed by atoms with van der Waals surface area (Å²) in [7, 11) is 0. The Morgan fingerprint density at radius 2 is 1.43 bits per heavy atom. The molecule has 0 aliphatic rings. The van der Waals surface area contributed by atoms with E-state index in [-0.39, 0.29) is 11.7 Å². The number of para-hydroxylation sites is 1. The summed E-state index contributed by atoms with van der Waals surface area (Å²) in [4.78, 5) is 27.3. The first kappa shape index (κ1) is 14.6. The SMILES string of the molecule is CC(=O)Nc1ccc(NC(=O)c2nnc3ccccc3n2)cc1. The number of hydrogen-bond donors (Lipinski definition) is 2. The van der Waals surface area contributed by atoms with Crippen LogP contribution in [0, 0.1) is 0 Å². The molecule has 23 heavy (non-hydrogen) atoms. The van der Waals surface area contributed by atoms with Crippen molar-refractivity contribution in [2.24, 2.45) is 0 Å². The molecule has 1 aromatic heterocycles. The highest BCUT2D eigenvalue weighted by atomic mass is 16.2. The number of rotatable bonds is 3. The molecule has 0 fully saturated rings. The normalized spacial score (nSPS) is 10.3. The van der Waals surface area contributed by atoms with E-state index in [0.29, 0.717) is 22.4 Å². The van der Waals surface area contributed by atoms with E-state index < -0.39 is 5.91 Å². The molecule has 0 aliphatic carbocycles. The zero-order valence-corrected chi connectivity index (χ0v) is 12.3. The zero-order chi connectivity index (χ0) is 16.2.